The highest BCUT2D eigenvalue weighted by atomic mass is 32.2. The van der Waals surface area contributed by atoms with Gasteiger partial charge in [0.2, 0.25) is 0 Å². The second-order valence-corrected chi connectivity index (χ2v) is 12.4. The molecule has 184 valence electrons. The molecule has 34 heavy (non-hydrogen) atoms. The van der Waals surface area contributed by atoms with E-state index in [2.05, 4.69) is 23.1 Å². The minimum atomic E-state index is -3.15. The van der Waals surface area contributed by atoms with Gasteiger partial charge < -0.3 is 10.0 Å². The van der Waals surface area contributed by atoms with Crippen LogP contribution in [0.15, 0.2) is 42.5 Å². The maximum atomic E-state index is 12.1. The van der Waals surface area contributed by atoms with Crippen molar-refractivity contribution in [3.63, 3.8) is 0 Å². The van der Waals surface area contributed by atoms with Crippen molar-refractivity contribution in [1.82, 2.24) is 0 Å². The lowest BCUT2D eigenvalue weighted by atomic mass is 9.79. The fourth-order valence-corrected chi connectivity index (χ4v) is 6.12. The molecule has 2 aliphatic rings. The quantitative estimate of drug-likeness (QED) is 0.454. The third-order valence-electron chi connectivity index (χ3n) is 7.54. The van der Waals surface area contributed by atoms with Crippen LogP contribution >= 0.6 is 0 Å². The smallest absolute Gasteiger partial charge is 0.335 e. The Labute approximate surface area is 204 Å². The average molecular weight is 484 g/mol. The molecule has 2 aromatic rings. The normalized spacial score (nSPS) is 18.0. The summed E-state index contributed by atoms with van der Waals surface area (Å²) < 4.78 is 24.1. The number of benzene rings is 2. The molecule has 0 heterocycles. The van der Waals surface area contributed by atoms with Gasteiger partial charge in [-0.05, 0) is 85.0 Å². The highest BCUT2D eigenvalue weighted by Crippen LogP contribution is 2.40. The summed E-state index contributed by atoms with van der Waals surface area (Å²) in [5, 5.41) is 9.31. The first-order chi connectivity index (χ1) is 16.3. The van der Waals surface area contributed by atoms with E-state index in [1.165, 1.54) is 81.6 Å². The number of anilines is 2. The predicted molar refractivity (Wildman–Crippen MR) is 138 cm³/mol. The molecule has 0 saturated heterocycles. The number of hydrogen-bond donors (Lipinski definition) is 1. The number of aromatic carboxylic acids is 1. The van der Waals surface area contributed by atoms with Gasteiger partial charge in [0.1, 0.15) is 9.84 Å². The topological polar surface area (TPSA) is 74.7 Å². The van der Waals surface area contributed by atoms with E-state index >= 15 is 0 Å². The van der Waals surface area contributed by atoms with Gasteiger partial charge in [-0.2, -0.15) is 0 Å². The zero-order valence-electron chi connectivity index (χ0n) is 20.2. The van der Waals surface area contributed by atoms with Crippen LogP contribution in [0, 0.1) is 0 Å². The molecule has 0 aromatic heterocycles. The average Bonchev–Trinajstić information content (AvgIpc) is 2.85. The van der Waals surface area contributed by atoms with E-state index in [1.807, 2.05) is 0 Å². The number of rotatable bonds is 8. The molecule has 2 saturated carbocycles. The lowest BCUT2D eigenvalue weighted by molar-refractivity contribution is 0.0697. The van der Waals surface area contributed by atoms with E-state index in [0.717, 1.165) is 11.4 Å². The van der Waals surface area contributed by atoms with E-state index in [4.69, 9.17) is 0 Å². The molecule has 1 N–H and O–H groups in total. The van der Waals surface area contributed by atoms with Crippen LogP contribution in [0.2, 0.25) is 0 Å². The summed E-state index contributed by atoms with van der Waals surface area (Å²) >= 11 is 0. The van der Waals surface area contributed by atoms with E-state index in [9.17, 15) is 18.3 Å². The highest BCUT2D eigenvalue weighted by Gasteiger charge is 2.23. The van der Waals surface area contributed by atoms with E-state index < -0.39 is 15.8 Å². The zero-order valence-corrected chi connectivity index (χ0v) is 21.0. The van der Waals surface area contributed by atoms with Gasteiger partial charge >= 0.3 is 5.97 Å². The molecule has 5 nitrogen and oxygen atoms in total. The van der Waals surface area contributed by atoms with Crippen molar-refractivity contribution in [2.75, 3.05) is 23.5 Å². The van der Waals surface area contributed by atoms with Crippen molar-refractivity contribution >= 4 is 27.2 Å². The molecular formula is C28H37NO4S. The Kier molecular flexibility index (Phi) is 7.97. The lowest BCUT2D eigenvalue weighted by Crippen LogP contribution is -2.25. The number of sulfone groups is 1. The van der Waals surface area contributed by atoms with Crippen molar-refractivity contribution in [3.05, 3.63) is 59.2 Å². The van der Waals surface area contributed by atoms with E-state index in [0.29, 0.717) is 18.4 Å². The van der Waals surface area contributed by atoms with E-state index in [1.54, 1.807) is 24.3 Å². The van der Waals surface area contributed by atoms with Gasteiger partial charge in [0.05, 0.1) is 11.3 Å². The molecule has 4 rings (SSSR count). The Bertz CT molecular complexity index is 1050. The summed E-state index contributed by atoms with van der Waals surface area (Å²) in [6, 6.07) is 13.7. The molecule has 0 radical (unpaired) electrons. The van der Waals surface area contributed by atoms with Crippen molar-refractivity contribution in [3.8, 4) is 0 Å². The van der Waals surface area contributed by atoms with Crippen molar-refractivity contribution < 1.29 is 18.3 Å². The first-order valence-corrected chi connectivity index (χ1v) is 14.8. The number of carboxylic acids is 1. The zero-order chi connectivity index (χ0) is 24.1. The summed E-state index contributed by atoms with van der Waals surface area (Å²) in [5.41, 5.74) is 4.83. The van der Waals surface area contributed by atoms with Crippen molar-refractivity contribution in [1.29, 1.82) is 0 Å². The Morgan fingerprint density at radius 3 is 1.76 bits per heavy atom. The standard InChI is InChI=1S/C28H37NO4S/c1-34(32,33)17-16-29(26-14-12-23(13-15-26)28(30)31)27-19-24(21-8-4-2-5-9-21)18-25(20-27)22-10-6-3-7-11-22/h12-15,18-22H,2-11,16-17H2,1H3,(H,30,31). The van der Waals surface area contributed by atoms with Crippen LogP contribution < -0.4 is 4.90 Å². The van der Waals surface area contributed by atoms with Crippen LogP contribution in [0.4, 0.5) is 11.4 Å². The summed E-state index contributed by atoms with van der Waals surface area (Å²) in [6.07, 6.45) is 13.8. The van der Waals surface area contributed by atoms with Crippen LogP contribution in [0.1, 0.15) is 97.5 Å². The van der Waals surface area contributed by atoms with Gasteiger partial charge in [-0.15, -0.1) is 0 Å². The van der Waals surface area contributed by atoms with Gasteiger partial charge in [-0.3, -0.25) is 0 Å². The predicted octanol–water partition coefficient (Wildman–Crippen LogP) is 6.66. The molecular weight excluding hydrogens is 446 g/mol. The SMILES string of the molecule is CS(=O)(=O)CCN(c1ccc(C(=O)O)cc1)c1cc(C2CCCCC2)cc(C2CCCCC2)c1. The maximum absolute atomic E-state index is 12.1. The summed E-state index contributed by atoms with van der Waals surface area (Å²) in [6.45, 7) is 0.337. The summed E-state index contributed by atoms with van der Waals surface area (Å²) in [5.74, 6) is 0.192. The fraction of sp³-hybridized carbons (Fsp3) is 0.536. The van der Waals surface area contributed by atoms with Crippen LogP contribution in [-0.4, -0.2) is 38.0 Å². The van der Waals surface area contributed by atoms with Crippen LogP contribution in [0.3, 0.4) is 0 Å². The first-order valence-electron chi connectivity index (χ1n) is 12.7. The molecule has 0 bridgehead atoms. The molecule has 0 amide bonds. The Morgan fingerprint density at radius 1 is 0.824 bits per heavy atom. The molecule has 6 heteroatoms. The first kappa shape index (κ1) is 24.8. The number of carbonyl (C=O) groups is 1. The van der Waals surface area contributed by atoms with Gasteiger partial charge in [-0.25, -0.2) is 13.2 Å². The van der Waals surface area contributed by atoms with E-state index in [-0.39, 0.29) is 11.3 Å². The molecule has 0 unspecified atom stereocenters. The van der Waals surface area contributed by atoms with Crippen LogP contribution in [-0.2, 0) is 9.84 Å². The van der Waals surface area contributed by atoms with Crippen molar-refractivity contribution in [2.45, 2.75) is 76.0 Å². The Morgan fingerprint density at radius 2 is 1.32 bits per heavy atom. The monoisotopic (exact) mass is 483 g/mol. The molecule has 0 aliphatic heterocycles. The maximum Gasteiger partial charge on any atom is 0.335 e. The molecule has 2 aliphatic carbocycles. The van der Waals surface area contributed by atoms with Gasteiger partial charge in [-0.1, -0.05) is 44.6 Å². The highest BCUT2D eigenvalue weighted by molar-refractivity contribution is 7.90. The molecule has 0 atom stereocenters. The second kappa shape index (κ2) is 10.9. The largest absolute Gasteiger partial charge is 0.478 e. The Hall–Kier alpha value is -2.34. The summed E-state index contributed by atoms with van der Waals surface area (Å²) in [4.78, 5) is 13.4. The van der Waals surface area contributed by atoms with Gasteiger partial charge in [0.25, 0.3) is 0 Å². The molecule has 2 fully saturated rings. The third-order valence-corrected chi connectivity index (χ3v) is 8.46. The third kappa shape index (κ3) is 6.41. The number of carboxylic acid groups (broad SMARTS) is 1. The Balaban J connectivity index is 1.76. The molecule has 0 spiro atoms. The molecule has 2 aromatic carbocycles. The minimum Gasteiger partial charge on any atom is -0.478 e. The van der Waals surface area contributed by atoms with Crippen LogP contribution in [0.5, 0.6) is 0 Å². The van der Waals surface area contributed by atoms with Crippen LogP contribution in [0.25, 0.3) is 0 Å². The summed E-state index contributed by atoms with van der Waals surface area (Å²) in [7, 11) is -3.15. The lowest BCUT2D eigenvalue weighted by Gasteiger charge is -2.30. The van der Waals surface area contributed by atoms with Gasteiger partial charge in [0, 0.05) is 24.2 Å². The number of nitrogens with zero attached hydrogens (tertiary/aromatic N) is 1. The minimum absolute atomic E-state index is 0.0418. The fourth-order valence-electron chi connectivity index (χ4n) is 5.61. The second-order valence-electron chi connectivity index (χ2n) is 10.2. The van der Waals surface area contributed by atoms with Crippen molar-refractivity contribution in [2.24, 2.45) is 0 Å². The number of hydrogen-bond acceptors (Lipinski definition) is 4. The van der Waals surface area contributed by atoms with Gasteiger partial charge in [0.15, 0.2) is 0 Å².